The first-order valence-corrected chi connectivity index (χ1v) is 6.99. The Bertz CT molecular complexity index is 768. The molecule has 2 heterocycles. The summed E-state index contributed by atoms with van der Waals surface area (Å²) in [5, 5.41) is 5.61. The molecule has 0 fully saturated rings. The van der Waals surface area contributed by atoms with Gasteiger partial charge >= 0.3 is 0 Å². The van der Waals surface area contributed by atoms with Gasteiger partial charge in [0.1, 0.15) is 12.1 Å². The summed E-state index contributed by atoms with van der Waals surface area (Å²) in [4.78, 5) is 8.50. The van der Waals surface area contributed by atoms with Gasteiger partial charge in [-0.05, 0) is 26.3 Å². The van der Waals surface area contributed by atoms with Crippen molar-refractivity contribution in [1.82, 2.24) is 19.7 Å². The molecule has 0 unspecified atom stereocenters. The topological polar surface area (TPSA) is 69.6 Å². The van der Waals surface area contributed by atoms with Crippen LogP contribution in [-0.2, 0) is 12.0 Å². The zero-order valence-electron chi connectivity index (χ0n) is 12.5. The van der Waals surface area contributed by atoms with E-state index in [0.717, 1.165) is 23.1 Å². The van der Waals surface area contributed by atoms with Gasteiger partial charge in [0.2, 0.25) is 0 Å². The summed E-state index contributed by atoms with van der Waals surface area (Å²) in [6, 6.07) is 10.2. The van der Waals surface area contributed by atoms with Gasteiger partial charge in [0.05, 0.1) is 16.6 Å². The molecule has 5 nitrogen and oxygen atoms in total. The third-order valence-electron chi connectivity index (χ3n) is 3.42. The minimum Gasteiger partial charge on any atom is -0.383 e. The van der Waals surface area contributed by atoms with Gasteiger partial charge in [-0.25, -0.2) is 14.6 Å². The second kappa shape index (κ2) is 4.84. The maximum Gasteiger partial charge on any atom is 0.164 e. The molecular weight excluding hydrogens is 262 g/mol. The molecule has 0 aliphatic heterocycles. The summed E-state index contributed by atoms with van der Waals surface area (Å²) in [6.07, 6.45) is 2.21. The number of fused-ring (bicyclic) bond motifs is 1. The van der Waals surface area contributed by atoms with Gasteiger partial charge in [0.15, 0.2) is 5.65 Å². The van der Waals surface area contributed by atoms with E-state index in [1.54, 1.807) is 0 Å². The van der Waals surface area contributed by atoms with Crippen molar-refractivity contribution in [2.24, 2.45) is 0 Å². The number of nitrogen functional groups attached to an aromatic ring is 1. The maximum atomic E-state index is 6.06. The molecule has 0 aliphatic carbocycles. The van der Waals surface area contributed by atoms with Crippen LogP contribution in [0.2, 0.25) is 0 Å². The molecular formula is C16H19N5. The zero-order valence-corrected chi connectivity index (χ0v) is 12.5. The highest BCUT2D eigenvalue weighted by atomic mass is 15.3. The van der Waals surface area contributed by atoms with Crippen LogP contribution in [0, 0.1) is 0 Å². The summed E-state index contributed by atoms with van der Waals surface area (Å²) in [5.74, 6) is 0.487. The van der Waals surface area contributed by atoms with Crippen LogP contribution >= 0.6 is 0 Å². The molecule has 0 atom stereocenters. The second-order valence-electron chi connectivity index (χ2n) is 6.15. The van der Waals surface area contributed by atoms with E-state index in [-0.39, 0.29) is 5.54 Å². The molecule has 0 aliphatic rings. The average Bonchev–Trinajstić information content (AvgIpc) is 2.80. The van der Waals surface area contributed by atoms with Crippen LogP contribution in [0.4, 0.5) is 5.82 Å². The Balaban J connectivity index is 2.19. The largest absolute Gasteiger partial charge is 0.383 e. The van der Waals surface area contributed by atoms with E-state index in [9.17, 15) is 0 Å². The molecule has 5 heteroatoms. The van der Waals surface area contributed by atoms with Crippen LogP contribution in [0.25, 0.3) is 11.0 Å². The quantitative estimate of drug-likeness (QED) is 0.784. The summed E-state index contributed by atoms with van der Waals surface area (Å²) >= 11 is 0. The first-order valence-electron chi connectivity index (χ1n) is 6.99. The third-order valence-corrected chi connectivity index (χ3v) is 3.42. The lowest BCUT2D eigenvalue weighted by molar-refractivity contribution is 0.363. The van der Waals surface area contributed by atoms with Crippen LogP contribution in [0.1, 0.15) is 32.0 Å². The molecule has 2 aromatic heterocycles. The Morgan fingerprint density at radius 3 is 2.48 bits per heavy atom. The number of rotatable bonds is 2. The van der Waals surface area contributed by atoms with Gasteiger partial charge < -0.3 is 5.73 Å². The highest BCUT2D eigenvalue weighted by molar-refractivity contribution is 5.88. The van der Waals surface area contributed by atoms with Crippen LogP contribution < -0.4 is 5.73 Å². The number of benzene rings is 1. The second-order valence-corrected chi connectivity index (χ2v) is 6.15. The summed E-state index contributed by atoms with van der Waals surface area (Å²) < 4.78 is 1.93. The number of aromatic nitrogens is 4. The lowest BCUT2D eigenvalue weighted by Crippen LogP contribution is -2.23. The molecule has 0 spiro atoms. The van der Waals surface area contributed by atoms with E-state index in [2.05, 4.69) is 42.9 Å². The van der Waals surface area contributed by atoms with Crippen LogP contribution in [0.5, 0.6) is 0 Å². The van der Waals surface area contributed by atoms with Crippen LogP contribution in [-0.4, -0.2) is 19.7 Å². The smallest absolute Gasteiger partial charge is 0.164 e. The molecule has 108 valence electrons. The zero-order chi connectivity index (χ0) is 15.0. The van der Waals surface area contributed by atoms with E-state index in [0.29, 0.717) is 5.82 Å². The molecule has 0 bridgehead atoms. The van der Waals surface area contributed by atoms with E-state index in [1.807, 2.05) is 22.9 Å². The van der Waals surface area contributed by atoms with Crippen molar-refractivity contribution in [3.05, 3.63) is 47.9 Å². The minimum atomic E-state index is -0.159. The summed E-state index contributed by atoms with van der Waals surface area (Å²) in [7, 11) is 0. The molecule has 21 heavy (non-hydrogen) atoms. The molecule has 0 saturated heterocycles. The Kier molecular flexibility index (Phi) is 3.12. The fraction of sp³-hybridized carbons (Fsp3) is 0.312. The number of nitrogens with zero attached hydrogens (tertiary/aromatic N) is 4. The van der Waals surface area contributed by atoms with Gasteiger partial charge in [0, 0.05) is 6.42 Å². The van der Waals surface area contributed by atoms with E-state index < -0.39 is 0 Å². The fourth-order valence-corrected chi connectivity index (χ4v) is 2.43. The Morgan fingerprint density at radius 1 is 1.10 bits per heavy atom. The highest BCUT2D eigenvalue weighted by Crippen LogP contribution is 2.27. The molecule has 0 amide bonds. The first-order chi connectivity index (χ1) is 9.97. The van der Waals surface area contributed by atoms with Crippen molar-refractivity contribution in [1.29, 1.82) is 0 Å². The predicted molar refractivity (Wildman–Crippen MR) is 84.0 cm³/mol. The lowest BCUT2D eigenvalue weighted by atomic mass is 10.1. The third kappa shape index (κ3) is 2.46. The maximum absolute atomic E-state index is 6.06. The van der Waals surface area contributed by atoms with Crippen LogP contribution in [0.3, 0.4) is 0 Å². The fourth-order valence-electron chi connectivity index (χ4n) is 2.43. The first kappa shape index (κ1) is 13.5. The average molecular weight is 281 g/mol. The van der Waals surface area contributed by atoms with Gasteiger partial charge in [-0.15, -0.1) is 0 Å². The Hall–Kier alpha value is -2.43. The molecule has 2 N–H and O–H groups in total. The van der Waals surface area contributed by atoms with E-state index in [4.69, 9.17) is 10.8 Å². The molecule has 1 aromatic carbocycles. The van der Waals surface area contributed by atoms with Crippen molar-refractivity contribution in [3.8, 4) is 0 Å². The van der Waals surface area contributed by atoms with Crippen LogP contribution in [0.15, 0.2) is 36.7 Å². The number of anilines is 1. The van der Waals surface area contributed by atoms with Crippen molar-refractivity contribution < 1.29 is 0 Å². The highest BCUT2D eigenvalue weighted by Gasteiger charge is 2.22. The molecule has 0 saturated carbocycles. The van der Waals surface area contributed by atoms with E-state index >= 15 is 0 Å². The van der Waals surface area contributed by atoms with Gasteiger partial charge in [-0.3, -0.25) is 0 Å². The van der Waals surface area contributed by atoms with Crippen molar-refractivity contribution in [3.63, 3.8) is 0 Å². The predicted octanol–water partition coefficient (Wildman–Crippen LogP) is 2.75. The standard InChI is InChI=1S/C16H19N5/c1-16(2,3)21-15-13(14(17)18-10-19-15)12(20-21)9-11-7-5-4-6-8-11/h4-8,10H,9H2,1-3H3,(H2,17,18,19). The van der Waals surface area contributed by atoms with Crippen molar-refractivity contribution >= 4 is 16.9 Å². The Labute approximate surface area is 123 Å². The molecule has 0 radical (unpaired) electrons. The van der Waals surface area contributed by atoms with Gasteiger partial charge in [-0.2, -0.15) is 5.10 Å². The minimum absolute atomic E-state index is 0.159. The molecule has 3 rings (SSSR count). The van der Waals surface area contributed by atoms with Gasteiger partial charge in [-0.1, -0.05) is 30.3 Å². The number of nitrogens with two attached hydrogens (primary N) is 1. The Morgan fingerprint density at radius 2 is 1.81 bits per heavy atom. The summed E-state index contributed by atoms with van der Waals surface area (Å²) in [5.41, 5.74) is 8.81. The summed E-state index contributed by atoms with van der Waals surface area (Å²) in [6.45, 7) is 6.30. The lowest BCUT2D eigenvalue weighted by Gasteiger charge is -2.19. The van der Waals surface area contributed by atoms with Gasteiger partial charge in [0.25, 0.3) is 0 Å². The SMILES string of the molecule is CC(C)(C)n1nc(Cc2ccccc2)c2c(N)ncnc21. The van der Waals surface area contributed by atoms with Crippen molar-refractivity contribution in [2.75, 3.05) is 5.73 Å². The van der Waals surface area contributed by atoms with Crippen molar-refractivity contribution in [2.45, 2.75) is 32.7 Å². The number of hydrogen-bond acceptors (Lipinski definition) is 4. The monoisotopic (exact) mass is 281 g/mol. The van der Waals surface area contributed by atoms with E-state index in [1.165, 1.54) is 11.9 Å². The normalized spacial score (nSPS) is 12.0. The molecule has 3 aromatic rings. The number of hydrogen-bond donors (Lipinski definition) is 1.